The van der Waals surface area contributed by atoms with E-state index in [0.717, 1.165) is 4.88 Å². The quantitative estimate of drug-likeness (QED) is 0.683. The second kappa shape index (κ2) is 5.46. The largest absolute Gasteiger partial charge is 0.377 e. The average Bonchev–Trinajstić information content (AvgIpc) is 2.92. The Bertz CT molecular complexity index is 634. The number of nitrogens with one attached hydrogen (secondary N) is 1. The molecule has 0 amide bonds. The van der Waals surface area contributed by atoms with Crippen LogP contribution in [0, 0.1) is 21.4 Å². The van der Waals surface area contributed by atoms with Gasteiger partial charge in [0.25, 0.3) is 5.69 Å². The van der Waals surface area contributed by atoms with E-state index in [1.807, 2.05) is 13.0 Å². The molecule has 0 aliphatic heterocycles. The van der Waals surface area contributed by atoms with E-state index in [1.165, 1.54) is 23.5 Å². The number of nitro groups is 1. The molecule has 19 heavy (non-hydrogen) atoms. The molecule has 7 heteroatoms. The molecule has 0 spiro atoms. The van der Waals surface area contributed by atoms with Crippen molar-refractivity contribution >= 4 is 22.7 Å². The standard InChI is InChI=1S/C12H10N4O2S/c1-8(12-6-14-7-19-12)15-11-3-2-10(16(17)18)4-9(11)5-13/h2-4,6-8,15H,1H3. The molecule has 0 aliphatic rings. The zero-order valence-corrected chi connectivity index (χ0v) is 10.8. The SMILES string of the molecule is CC(Nc1ccc([N+](=O)[O-])cc1C#N)c1cncs1. The molecule has 6 nitrogen and oxygen atoms in total. The summed E-state index contributed by atoms with van der Waals surface area (Å²) in [4.78, 5) is 15.2. The summed E-state index contributed by atoms with van der Waals surface area (Å²) in [5, 5.41) is 22.9. The van der Waals surface area contributed by atoms with Crippen LogP contribution in [0.15, 0.2) is 29.9 Å². The Morgan fingerprint density at radius 3 is 2.95 bits per heavy atom. The molecule has 0 radical (unpaired) electrons. The number of nitrogens with zero attached hydrogens (tertiary/aromatic N) is 3. The first-order chi connectivity index (χ1) is 9.11. The number of hydrogen-bond donors (Lipinski definition) is 1. The lowest BCUT2D eigenvalue weighted by atomic mass is 10.1. The van der Waals surface area contributed by atoms with Crippen molar-refractivity contribution in [3.63, 3.8) is 0 Å². The van der Waals surface area contributed by atoms with Crippen LogP contribution in [0.4, 0.5) is 11.4 Å². The van der Waals surface area contributed by atoms with E-state index in [4.69, 9.17) is 5.26 Å². The van der Waals surface area contributed by atoms with Crippen molar-refractivity contribution in [2.75, 3.05) is 5.32 Å². The van der Waals surface area contributed by atoms with Crippen LogP contribution in [-0.2, 0) is 0 Å². The Balaban J connectivity index is 2.26. The zero-order valence-electron chi connectivity index (χ0n) is 10.0. The number of benzene rings is 1. The van der Waals surface area contributed by atoms with E-state index in [0.29, 0.717) is 5.69 Å². The summed E-state index contributed by atoms with van der Waals surface area (Å²) in [6.45, 7) is 1.94. The van der Waals surface area contributed by atoms with Gasteiger partial charge >= 0.3 is 0 Å². The molecular formula is C12H10N4O2S. The Labute approximate surface area is 113 Å². The van der Waals surface area contributed by atoms with Crippen LogP contribution in [0.25, 0.3) is 0 Å². The van der Waals surface area contributed by atoms with Crippen LogP contribution in [-0.4, -0.2) is 9.91 Å². The highest BCUT2D eigenvalue weighted by Gasteiger charge is 2.13. The number of hydrogen-bond acceptors (Lipinski definition) is 6. The molecule has 1 unspecified atom stereocenters. The van der Waals surface area contributed by atoms with E-state index in [2.05, 4.69) is 10.3 Å². The fourth-order valence-corrected chi connectivity index (χ4v) is 2.24. The van der Waals surface area contributed by atoms with Gasteiger partial charge in [-0.25, -0.2) is 0 Å². The van der Waals surface area contributed by atoms with Gasteiger partial charge in [0, 0.05) is 23.2 Å². The Hall–Kier alpha value is -2.46. The maximum absolute atomic E-state index is 10.7. The van der Waals surface area contributed by atoms with Crippen LogP contribution in [0.3, 0.4) is 0 Å². The summed E-state index contributed by atoms with van der Waals surface area (Å²) in [5.74, 6) is 0. The predicted molar refractivity (Wildman–Crippen MR) is 72.0 cm³/mol. The fourth-order valence-electron chi connectivity index (χ4n) is 1.61. The summed E-state index contributed by atoms with van der Waals surface area (Å²) >= 11 is 1.51. The minimum atomic E-state index is -0.517. The number of nitriles is 1. The van der Waals surface area contributed by atoms with Crippen LogP contribution in [0.1, 0.15) is 23.4 Å². The first-order valence-electron chi connectivity index (χ1n) is 5.45. The molecule has 0 fully saturated rings. The topological polar surface area (TPSA) is 91.9 Å². The molecular weight excluding hydrogens is 264 g/mol. The Morgan fingerprint density at radius 2 is 2.37 bits per heavy atom. The molecule has 96 valence electrons. The smallest absolute Gasteiger partial charge is 0.270 e. The zero-order chi connectivity index (χ0) is 13.8. The van der Waals surface area contributed by atoms with Crippen molar-refractivity contribution in [3.05, 3.63) is 50.5 Å². The average molecular weight is 274 g/mol. The monoisotopic (exact) mass is 274 g/mol. The lowest BCUT2D eigenvalue weighted by Gasteiger charge is -2.14. The number of anilines is 1. The molecule has 0 aliphatic carbocycles. The third-order valence-corrected chi connectivity index (χ3v) is 3.54. The molecule has 0 saturated carbocycles. The third kappa shape index (κ3) is 2.86. The second-order valence-corrected chi connectivity index (χ2v) is 4.79. The Kier molecular flexibility index (Phi) is 3.73. The van der Waals surface area contributed by atoms with E-state index < -0.39 is 4.92 Å². The van der Waals surface area contributed by atoms with Gasteiger partial charge in [0.05, 0.1) is 27.7 Å². The van der Waals surface area contributed by atoms with Crippen molar-refractivity contribution in [2.45, 2.75) is 13.0 Å². The molecule has 1 N–H and O–H groups in total. The van der Waals surface area contributed by atoms with Crippen molar-refractivity contribution < 1.29 is 4.92 Å². The minimum Gasteiger partial charge on any atom is -0.377 e. The third-order valence-electron chi connectivity index (χ3n) is 2.58. The Morgan fingerprint density at radius 1 is 1.58 bits per heavy atom. The number of thiazole rings is 1. The summed E-state index contributed by atoms with van der Waals surface area (Å²) in [7, 11) is 0. The molecule has 1 heterocycles. The normalized spacial score (nSPS) is 11.6. The first-order valence-corrected chi connectivity index (χ1v) is 6.33. The lowest BCUT2D eigenvalue weighted by Crippen LogP contribution is -2.06. The molecule has 1 aromatic carbocycles. The van der Waals surface area contributed by atoms with Gasteiger partial charge in [-0.1, -0.05) is 0 Å². The highest BCUT2D eigenvalue weighted by atomic mass is 32.1. The van der Waals surface area contributed by atoms with Crippen molar-refractivity contribution in [1.29, 1.82) is 5.26 Å². The van der Waals surface area contributed by atoms with Crippen LogP contribution < -0.4 is 5.32 Å². The summed E-state index contributed by atoms with van der Waals surface area (Å²) in [6, 6.07) is 6.14. The molecule has 2 rings (SSSR count). The van der Waals surface area contributed by atoms with Gasteiger partial charge in [-0.2, -0.15) is 5.26 Å². The number of aromatic nitrogens is 1. The number of non-ortho nitro benzene ring substituents is 1. The summed E-state index contributed by atoms with van der Waals surface area (Å²) in [6.07, 6.45) is 1.75. The van der Waals surface area contributed by atoms with Crippen molar-refractivity contribution in [3.8, 4) is 6.07 Å². The van der Waals surface area contributed by atoms with Gasteiger partial charge in [-0.3, -0.25) is 15.1 Å². The van der Waals surface area contributed by atoms with Gasteiger partial charge in [0.2, 0.25) is 0 Å². The molecule has 0 saturated heterocycles. The van der Waals surface area contributed by atoms with E-state index in [-0.39, 0.29) is 17.3 Å². The first kappa shape index (κ1) is 13.0. The second-order valence-electron chi connectivity index (χ2n) is 3.87. The van der Waals surface area contributed by atoms with E-state index >= 15 is 0 Å². The van der Waals surface area contributed by atoms with Gasteiger partial charge in [0.1, 0.15) is 6.07 Å². The highest BCUT2D eigenvalue weighted by Crippen LogP contribution is 2.26. The molecule has 2 aromatic rings. The van der Waals surface area contributed by atoms with Crippen LogP contribution >= 0.6 is 11.3 Å². The number of rotatable bonds is 4. The highest BCUT2D eigenvalue weighted by molar-refractivity contribution is 7.09. The molecule has 1 atom stereocenters. The summed E-state index contributed by atoms with van der Waals surface area (Å²) < 4.78 is 0. The molecule has 1 aromatic heterocycles. The van der Waals surface area contributed by atoms with Crippen molar-refractivity contribution in [2.24, 2.45) is 0 Å². The van der Waals surface area contributed by atoms with Crippen molar-refractivity contribution in [1.82, 2.24) is 4.98 Å². The maximum atomic E-state index is 10.7. The summed E-state index contributed by atoms with van der Waals surface area (Å²) in [5.41, 5.74) is 2.47. The lowest BCUT2D eigenvalue weighted by molar-refractivity contribution is -0.384. The maximum Gasteiger partial charge on any atom is 0.270 e. The van der Waals surface area contributed by atoms with E-state index in [1.54, 1.807) is 17.8 Å². The predicted octanol–water partition coefficient (Wildman–Crippen LogP) is 3.10. The van der Waals surface area contributed by atoms with E-state index in [9.17, 15) is 10.1 Å². The van der Waals surface area contributed by atoms with Gasteiger partial charge in [-0.05, 0) is 13.0 Å². The fraction of sp³-hybridized carbons (Fsp3) is 0.167. The van der Waals surface area contributed by atoms with Gasteiger partial charge in [-0.15, -0.1) is 11.3 Å². The molecule has 0 bridgehead atoms. The number of nitro benzene ring substituents is 1. The minimum absolute atomic E-state index is 0.0129. The van der Waals surface area contributed by atoms with Gasteiger partial charge in [0.15, 0.2) is 0 Å². The van der Waals surface area contributed by atoms with Crippen LogP contribution in [0.2, 0.25) is 0 Å². The van der Waals surface area contributed by atoms with Crippen LogP contribution in [0.5, 0.6) is 0 Å². The van der Waals surface area contributed by atoms with Gasteiger partial charge < -0.3 is 5.32 Å².